The van der Waals surface area contributed by atoms with Crippen molar-refractivity contribution in [3.05, 3.63) is 34.2 Å². The van der Waals surface area contributed by atoms with E-state index in [-0.39, 0.29) is 0 Å². The summed E-state index contributed by atoms with van der Waals surface area (Å²) in [6, 6.07) is 6.79. The van der Waals surface area contributed by atoms with E-state index in [4.69, 9.17) is 0 Å². The molecule has 0 nitrogen and oxygen atoms in total. The van der Waals surface area contributed by atoms with Crippen molar-refractivity contribution in [3.8, 4) is 0 Å². The van der Waals surface area contributed by atoms with E-state index in [0.717, 1.165) is 6.42 Å². The molecular weight excluding hydrogens is 176 g/mol. The van der Waals surface area contributed by atoms with Gasteiger partial charge in [0.2, 0.25) is 0 Å². The molecule has 0 amide bonds. The summed E-state index contributed by atoms with van der Waals surface area (Å²) in [7, 11) is 0. The Morgan fingerprint density at radius 2 is 2.00 bits per heavy atom. The Morgan fingerprint density at radius 1 is 1.23 bits per heavy atom. The molecule has 0 atom stereocenters. The van der Waals surface area contributed by atoms with E-state index in [1.54, 1.807) is 0 Å². The minimum atomic E-state index is 1.14. The lowest BCUT2D eigenvalue weighted by Gasteiger charge is -2.00. The zero-order valence-corrected chi connectivity index (χ0v) is 9.16. The molecule has 1 aromatic heterocycles. The molecule has 0 aliphatic heterocycles. The number of aryl methyl sites for hydroxylation is 3. The molecule has 0 saturated heterocycles. The molecule has 0 aliphatic carbocycles. The van der Waals surface area contributed by atoms with Crippen LogP contribution in [0.5, 0.6) is 0 Å². The van der Waals surface area contributed by atoms with Gasteiger partial charge in [-0.15, -0.1) is 11.3 Å². The Kier molecular flexibility index (Phi) is 2.12. The fourth-order valence-electron chi connectivity index (χ4n) is 1.72. The average Bonchev–Trinajstić information content (AvgIpc) is 2.48. The molecule has 0 radical (unpaired) electrons. The number of fused-ring (bicyclic) bond motifs is 1. The van der Waals surface area contributed by atoms with Gasteiger partial charge in [-0.2, -0.15) is 0 Å². The van der Waals surface area contributed by atoms with Crippen molar-refractivity contribution in [3.63, 3.8) is 0 Å². The molecule has 0 saturated carbocycles. The number of rotatable bonds is 1. The maximum atomic E-state index is 2.30. The first kappa shape index (κ1) is 8.76. The minimum Gasteiger partial charge on any atom is -0.140 e. The first-order valence-electron chi connectivity index (χ1n) is 4.71. The quantitative estimate of drug-likeness (QED) is 0.635. The predicted molar refractivity (Wildman–Crippen MR) is 60.7 cm³/mol. The second-order valence-electron chi connectivity index (χ2n) is 3.49. The van der Waals surface area contributed by atoms with Crippen LogP contribution < -0.4 is 0 Å². The highest BCUT2D eigenvalue weighted by Crippen LogP contribution is 2.30. The number of hydrogen-bond donors (Lipinski definition) is 0. The molecule has 0 N–H and O–H groups in total. The third kappa shape index (κ3) is 1.37. The van der Waals surface area contributed by atoms with Crippen LogP contribution in [0.1, 0.15) is 22.9 Å². The Balaban J connectivity index is 2.83. The molecule has 2 rings (SSSR count). The van der Waals surface area contributed by atoms with Gasteiger partial charge in [-0.3, -0.25) is 0 Å². The molecule has 13 heavy (non-hydrogen) atoms. The largest absolute Gasteiger partial charge is 0.140 e. The number of hydrogen-bond acceptors (Lipinski definition) is 1. The second kappa shape index (κ2) is 3.15. The average molecular weight is 190 g/mol. The molecular formula is C12H14S. The van der Waals surface area contributed by atoms with Crippen LogP contribution >= 0.6 is 11.3 Å². The summed E-state index contributed by atoms with van der Waals surface area (Å²) in [5.41, 5.74) is 2.88. The van der Waals surface area contributed by atoms with Gasteiger partial charge in [0.1, 0.15) is 0 Å². The van der Waals surface area contributed by atoms with Crippen LogP contribution in [0.3, 0.4) is 0 Å². The summed E-state index contributed by atoms with van der Waals surface area (Å²) in [4.78, 5) is 1.42. The van der Waals surface area contributed by atoms with Crippen molar-refractivity contribution in [2.75, 3.05) is 0 Å². The van der Waals surface area contributed by atoms with Crippen molar-refractivity contribution >= 4 is 21.4 Å². The highest BCUT2D eigenvalue weighted by Gasteiger charge is 2.04. The van der Waals surface area contributed by atoms with Gasteiger partial charge >= 0.3 is 0 Å². The van der Waals surface area contributed by atoms with Crippen LogP contribution in [0.15, 0.2) is 18.2 Å². The zero-order chi connectivity index (χ0) is 9.42. The molecule has 2 aromatic rings. The smallest absolute Gasteiger partial charge is 0.0380 e. The molecule has 0 unspecified atom stereocenters. The Labute approximate surface area is 83.2 Å². The molecule has 1 heteroatoms. The van der Waals surface area contributed by atoms with Crippen LogP contribution in [0.4, 0.5) is 0 Å². The lowest BCUT2D eigenvalue weighted by Crippen LogP contribution is -1.81. The highest BCUT2D eigenvalue weighted by molar-refractivity contribution is 7.19. The maximum absolute atomic E-state index is 2.30. The Morgan fingerprint density at radius 3 is 2.69 bits per heavy atom. The summed E-state index contributed by atoms with van der Waals surface area (Å²) in [6.07, 6.45) is 1.14. The minimum absolute atomic E-state index is 1.14. The predicted octanol–water partition coefficient (Wildman–Crippen LogP) is 4.08. The number of thiophene rings is 1. The van der Waals surface area contributed by atoms with E-state index in [0.29, 0.717) is 0 Å². The Hall–Kier alpha value is -0.820. The fourth-order valence-corrected chi connectivity index (χ4v) is 2.89. The molecule has 0 fully saturated rings. The van der Waals surface area contributed by atoms with Crippen molar-refractivity contribution in [1.82, 2.24) is 0 Å². The van der Waals surface area contributed by atoms with E-state index < -0.39 is 0 Å². The van der Waals surface area contributed by atoms with Crippen molar-refractivity contribution in [2.24, 2.45) is 0 Å². The highest BCUT2D eigenvalue weighted by atomic mass is 32.1. The van der Waals surface area contributed by atoms with Crippen LogP contribution in [-0.4, -0.2) is 0 Å². The monoisotopic (exact) mass is 190 g/mol. The van der Waals surface area contributed by atoms with E-state index >= 15 is 0 Å². The third-order valence-electron chi connectivity index (χ3n) is 2.49. The molecule has 0 spiro atoms. The second-order valence-corrected chi connectivity index (χ2v) is 4.75. The SMILES string of the molecule is CCc1ccc(C)c2cc(C)sc12. The van der Waals surface area contributed by atoms with E-state index in [1.807, 2.05) is 11.3 Å². The van der Waals surface area contributed by atoms with Gasteiger partial charge in [-0.1, -0.05) is 19.1 Å². The standard InChI is InChI=1S/C12H14S/c1-4-10-6-5-8(2)11-7-9(3)13-12(10)11/h5-7H,4H2,1-3H3. The van der Waals surface area contributed by atoms with Crippen molar-refractivity contribution in [1.29, 1.82) is 0 Å². The number of benzene rings is 1. The fraction of sp³-hybridized carbons (Fsp3) is 0.333. The molecule has 68 valence electrons. The summed E-state index contributed by atoms with van der Waals surface area (Å²) in [5.74, 6) is 0. The lowest BCUT2D eigenvalue weighted by molar-refractivity contribution is 1.16. The summed E-state index contributed by atoms with van der Waals surface area (Å²) < 4.78 is 1.49. The topological polar surface area (TPSA) is 0 Å². The lowest BCUT2D eigenvalue weighted by atomic mass is 10.1. The first-order chi connectivity index (χ1) is 6.22. The van der Waals surface area contributed by atoms with Gasteiger partial charge in [-0.25, -0.2) is 0 Å². The molecule has 0 bridgehead atoms. The first-order valence-corrected chi connectivity index (χ1v) is 5.52. The third-order valence-corrected chi connectivity index (χ3v) is 3.61. The maximum Gasteiger partial charge on any atom is 0.0380 e. The molecule has 0 aliphatic rings. The normalized spacial score (nSPS) is 11.0. The Bertz CT molecular complexity index is 438. The van der Waals surface area contributed by atoms with E-state index in [9.17, 15) is 0 Å². The van der Waals surface area contributed by atoms with Crippen molar-refractivity contribution < 1.29 is 0 Å². The van der Waals surface area contributed by atoms with Crippen LogP contribution in [0, 0.1) is 13.8 Å². The summed E-state index contributed by atoms with van der Waals surface area (Å²) in [5, 5.41) is 1.45. The summed E-state index contributed by atoms with van der Waals surface area (Å²) >= 11 is 1.92. The van der Waals surface area contributed by atoms with Gasteiger partial charge in [-0.05, 0) is 42.8 Å². The zero-order valence-electron chi connectivity index (χ0n) is 8.35. The van der Waals surface area contributed by atoms with Crippen molar-refractivity contribution in [2.45, 2.75) is 27.2 Å². The van der Waals surface area contributed by atoms with Gasteiger partial charge in [0, 0.05) is 9.58 Å². The summed E-state index contributed by atoms with van der Waals surface area (Å²) in [6.45, 7) is 6.59. The van der Waals surface area contributed by atoms with E-state index in [2.05, 4.69) is 39.0 Å². The van der Waals surface area contributed by atoms with Gasteiger partial charge < -0.3 is 0 Å². The van der Waals surface area contributed by atoms with Crippen LogP contribution in [-0.2, 0) is 6.42 Å². The van der Waals surface area contributed by atoms with Gasteiger partial charge in [0.05, 0.1) is 0 Å². The van der Waals surface area contributed by atoms with Crippen LogP contribution in [0.25, 0.3) is 10.1 Å². The van der Waals surface area contributed by atoms with E-state index in [1.165, 1.54) is 26.1 Å². The van der Waals surface area contributed by atoms with Crippen LogP contribution in [0.2, 0.25) is 0 Å². The van der Waals surface area contributed by atoms with Gasteiger partial charge in [0.25, 0.3) is 0 Å². The molecule has 1 heterocycles. The molecule has 1 aromatic carbocycles. The van der Waals surface area contributed by atoms with Gasteiger partial charge in [0.15, 0.2) is 0 Å².